The molecule has 0 aliphatic carbocycles. The van der Waals surface area contributed by atoms with E-state index >= 15 is 0 Å². The number of hydrogen-bond acceptors (Lipinski definition) is 2. The molecule has 0 unspecified atom stereocenters. The highest BCUT2D eigenvalue weighted by Crippen LogP contribution is 2.25. The molecule has 0 radical (unpaired) electrons. The minimum atomic E-state index is 0.876. The van der Waals surface area contributed by atoms with Crippen molar-refractivity contribution in [2.45, 2.75) is 26.7 Å². The Morgan fingerprint density at radius 1 is 1.13 bits per heavy atom. The van der Waals surface area contributed by atoms with Crippen LogP contribution in [-0.4, -0.2) is 49.6 Å². The lowest BCUT2D eigenvalue weighted by molar-refractivity contribution is 0.256. The van der Waals surface area contributed by atoms with E-state index in [4.69, 9.17) is 0 Å². The summed E-state index contributed by atoms with van der Waals surface area (Å²) in [6.45, 7) is 11.4. The second kappa shape index (κ2) is 4.84. The van der Waals surface area contributed by atoms with Crippen LogP contribution in [0.5, 0.6) is 0 Å². The molecule has 15 heavy (non-hydrogen) atoms. The van der Waals surface area contributed by atoms with E-state index in [9.17, 15) is 0 Å². The van der Waals surface area contributed by atoms with Crippen molar-refractivity contribution in [3.63, 3.8) is 0 Å². The molecule has 0 spiro atoms. The van der Waals surface area contributed by atoms with Crippen LogP contribution < -0.4 is 0 Å². The van der Waals surface area contributed by atoms with Gasteiger partial charge >= 0.3 is 0 Å². The summed E-state index contributed by atoms with van der Waals surface area (Å²) in [6, 6.07) is 0. The summed E-state index contributed by atoms with van der Waals surface area (Å²) in [5, 5.41) is 0. The van der Waals surface area contributed by atoms with Gasteiger partial charge in [0.25, 0.3) is 0 Å². The van der Waals surface area contributed by atoms with Crippen molar-refractivity contribution in [3.05, 3.63) is 0 Å². The molecule has 2 fully saturated rings. The third-order valence-electron chi connectivity index (χ3n) is 4.26. The van der Waals surface area contributed by atoms with E-state index in [-0.39, 0.29) is 0 Å². The van der Waals surface area contributed by atoms with Crippen LogP contribution in [0.3, 0.4) is 0 Å². The lowest BCUT2D eigenvalue weighted by atomic mass is 9.95. The highest BCUT2D eigenvalue weighted by molar-refractivity contribution is 4.82. The Hall–Kier alpha value is -0.0800. The molecule has 2 aliphatic heterocycles. The molecular formula is C13H26N2. The molecule has 2 saturated heterocycles. The fourth-order valence-electron chi connectivity index (χ4n) is 3.11. The molecular weight excluding hydrogens is 184 g/mol. The molecule has 2 heteroatoms. The lowest BCUT2D eigenvalue weighted by Gasteiger charge is -2.21. The first-order chi connectivity index (χ1) is 7.15. The molecule has 2 nitrogen and oxygen atoms in total. The van der Waals surface area contributed by atoms with E-state index in [1.807, 2.05) is 0 Å². The monoisotopic (exact) mass is 210 g/mol. The normalized spacial score (nSPS) is 34.4. The van der Waals surface area contributed by atoms with Crippen LogP contribution in [0, 0.1) is 17.8 Å². The summed E-state index contributed by atoms with van der Waals surface area (Å²) in [5.74, 6) is 2.78. The van der Waals surface area contributed by atoms with Crippen molar-refractivity contribution in [2.24, 2.45) is 17.8 Å². The van der Waals surface area contributed by atoms with Gasteiger partial charge in [-0.3, -0.25) is 0 Å². The standard InChI is InChI=1S/C13H26N2/c1-11(2)13-5-7-15(10-13)9-12-4-6-14(3)8-12/h11-13H,4-10H2,1-3H3/t12-,13+/m0/s1. The summed E-state index contributed by atoms with van der Waals surface area (Å²) < 4.78 is 0. The third kappa shape index (κ3) is 2.94. The predicted octanol–water partition coefficient (Wildman–Crippen LogP) is 1.92. The molecule has 2 atom stereocenters. The van der Waals surface area contributed by atoms with Gasteiger partial charge in [0, 0.05) is 19.6 Å². The van der Waals surface area contributed by atoms with Gasteiger partial charge in [-0.1, -0.05) is 13.8 Å². The van der Waals surface area contributed by atoms with Crippen LogP contribution in [0.25, 0.3) is 0 Å². The predicted molar refractivity (Wildman–Crippen MR) is 65.0 cm³/mol. The first-order valence-electron chi connectivity index (χ1n) is 6.56. The maximum atomic E-state index is 2.70. The molecule has 2 aliphatic rings. The zero-order valence-corrected chi connectivity index (χ0v) is 10.6. The van der Waals surface area contributed by atoms with Crippen LogP contribution in [0.2, 0.25) is 0 Å². The first kappa shape index (κ1) is 11.4. The highest BCUT2D eigenvalue weighted by atomic mass is 15.2. The van der Waals surface area contributed by atoms with E-state index in [1.54, 1.807) is 0 Å². The highest BCUT2D eigenvalue weighted by Gasteiger charge is 2.28. The minimum absolute atomic E-state index is 0.876. The van der Waals surface area contributed by atoms with Crippen molar-refractivity contribution in [2.75, 3.05) is 39.8 Å². The van der Waals surface area contributed by atoms with Crippen molar-refractivity contribution >= 4 is 0 Å². The fourth-order valence-corrected chi connectivity index (χ4v) is 3.11. The smallest absolute Gasteiger partial charge is 0.00225 e. The molecule has 2 rings (SSSR count). The van der Waals surface area contributed by atoms with E-state index in [2.05, 4.69) is 30.7 Å². The summed E-state index contributed by atoms with van der Waals surface area (Å²) in [4.78, 5) is 5.18. The Bertz CT molecular complexity index is 203. The van der Waals surface area contributed by atoms with Crippen LogP contribution in [0.4, 0.5) is 0 Å². The molecule has 0 bridgehead atoms. The zero-order chi connectivity index (χ0) is 10.8. The van der Waals surface area contributed by atoms with Gasteiger partial charge in [0.2, 0.25) is 0 Å². The quantitative estimate of drug-likeness (QED) is 0.702. The van der Waals surface area contributed by atoms with Gasteiger partial charge in [-0.25, -0.2) is 0 Å². The van der Waals surface area contributed by atoms with E-state index in [1.165, 1.54) is 45.6 Å². The Kier molecular flexibility index (Phi) is 3.68. The van der Waals surface area contributed by atoms with Crippen molar-refractivity contribution in [1.82, 2.24) is 9.80 Å². The zero-order valence-electron chi connectivity index (χ0n) is 10.6. The number of rotatable bonds is 3. The first-order valence-corrected chi connectivity index (χ1v) is 6.56. The Morgan fingerprint density at radius 3 is 2.47 bits per heavy atom. The van der Waals surface area contributed by atoms with Crippen molar-refractivity contribution in [3.8, 4) is 0 Å². The van der Waals surface area contributed by atoms with Gasteiger partial charge < -0.3 is 9.80 Å². The molecule has 0 aromatic carbocycles. The van der Waals surface area contributed by atoms with Crippen LogP contribution in [0.1, 0.15) is 26.7 Å². The van der Waals surface area contributed by atoms with E-state index in [0.717, 1.165) is 17.8 Å². The molecule has 0 amide bonds. The second-order valence-corrected chi connectivity index (χ2v) is 5.97. The molecule has 0 saturated carbocycles. The largest absolute Gasteiger partial charge is 0.306 e. The van der Waals surface area contributed by atoms with Crippen LogP contribution in [-0.2, 0) is 0 Å². The third-order valence-corrected chi connectivity index (χ3v) is 4.26. The molecule has 0 N–H and O–H groups in total. The van der Waals surface area contributed by atoms with Gasteiger partial charge in [0.05, 0.1) is 0 Å². The van der Waals surface area contributed by atoms with Gasteiger partial charge in [0.1, 0.15) is 0 Å². The SMILES string of the molecule is CC(C)[C@@H]1CCN(C[C@H]2CCN(C)C2)C1. The number of hydrogen-bond donors (Lipinski definition) is 0. The maximum Gasteiger partial charge on any atom is 0.00225 e. The Balaban J connectivity index is 1.73. The Morgan fingerprint density at radius 2 is 1.93 bits per heavy atom. The topological polar surface area (TPSA) is 6.48 Å². The van der Waals surface area contributed by atoms with Gasteiger partial charge in [0.15, 0.2) is 0 Å². The Labute approximate surface area is 94.6 Å². The summed E-state index contributed by atoms with van der Waals surface area (Å²) in [5.41, 5.74) is 0. The number of nitrogens with zero attached hydrogens (tertiary/aromatic N) is 2. The molecule has 2 heterocycles. The van der Waals surface area contributed by atoms with E-state index < -0.39 is 0 Å². The maximum absolute atomic E-state index is 2.70. The van der Waals surface area contributed by atoms with Crippen molar-refractivity contribution in [1.29, 1.82) is 0 Å². The second-order valence-electron chi connectivity index (χ2n) is 5.97. The lowest BCUT2D eigenvalue weighted by Crippen LogP contribution is -2.29. The van der Waals surface area contributed by atoms with E-state index in [0.29, 0.717) is 0 Å². The fraction of sp³-hybridized carbons (Fsp3) is 1.00. The van der Waals surface area contributed by atoms with Crippen LogP contribution >= 0.6 is 0 Å². The number of likely N-dealkylation sites (tertiary alicyclic amines) is 2. The van der Waals surface area contributed by atoms with Gasteiger partial charge in [-0.2, -0.15) is 0 Å². The van der Waals surface area contributed by atoms with Gasteiger partial charge in [-0.05, 0) is 50.7 Å². The van der Waals surface area contributed by atoms with Crippen LogP contribution in [0.15, 0.2) is 0 Å². The average molecular weight is 210 g/mol. The van der Waals surface area contributed by atoms with Gasteiger partial charge in [-0.15, -0.1) is 0 Å². The molecule has 0 aromatic heterocycles. The summed E-state index contributed by atoms with van der Waals surface area (Å²) >= 11 is 0. The summed E-state index contributed by atoms with van der Waals surface area (Å²) in [7, 11) is 2.25. The minimum Gasteiger partial charge on any atom is -0.306 e. The molecule has 0 aromatic rings. The summed E-state index contributed by atoms with van der Waals surface area (Å²) in [6.07, 6.45) is 2.85. The average Bonchev–Trinajstić information content (AvgIpc) is 2.76. The van der Waals surface area contributed by atoms with Crippen molar-refractivity contribution < 1.29 is 0 Å². The molecule has 88 valence electrons.